The summed E-state index contributed by atoms with van der Waals surface area (Å²) in [5.41, 5.74) is 0.865. The van der Waals surface area contributed by atoms with E-state index in [1.807, 2.05) is 18.2 Å². The van der Waals surface area contributed by atoms with Crippen molar-refractivity contribution in [3.63, 3.8) is 0 Å². The lowest BCUT2D eigenvalue weighted by molar-refractivity contribution is -0.137. The van der Waals surface area contributed by atoms with Gasteiger partial charge in [-0.25, -0.2) is 4.98 Å². The van der Waals surface area contributed by atoms with Gasteiger partial charge in [0, 0.05) is 33.2 Å². The van der Waals surface area contributed by atoms with Crippen LogP contribution in [-0.4, -0.2) is 61.6 Å². The predicted molar refractivity (Wildman–Crippen MR) is 115 cm³/mol. The summed E-state index contributed by atoms with van der Waals surface area (Å²) in [6.07, 6.45) is -3.88. The summed E-state index contributed by atoms with van der Waals surface area (Å²) in [6.45, 7) is 2.98. The minimum Gasteiger partial charge on any atom is -0.490 e. The van der Waals surface area contributed by atoms with Crippen molar-refractivity contribution in [2.75, 3.05) is 46.6 Å². The Kier molecular flexibility index (Phi) is 8.25. The number of para-hydroxylation sites is 1. The van der Waals surface area contributed by atoms with Crippen LogP contribution in [0.1, 0.15) is 16.1 Å². The normalized spacial score (nSPS) is 12.1. The molecule has 1 heterocycles. The summed E-state index contributed by atoms with van der Waals surface area (Å²) in [4.78, 5) is 6.72. The van der Waals surface area contributed by atoms with Gasteiger partial charge in [0.2, 0.25) is 0 Å². The summed E-state index contributed by atoms with van der Waals surface area (Å²) in [5.74, 6) is 0.670. The Bertz CT molecular complexity index is 961. The van der Waals surface area contributed by atoms with Crippen molar-refractivity contribution >= 4 is 21.6 Å². The molecular formula is C22H25F3N2O3S. The summed E-state index contributed by atoms with van der Waals surface area (Å²) in [7, 11) is 1.64. The molecule has 168 valence electrons. The molecule has 3 rings (SSSR count). The van der Waals surface area contributed by atoms with E-state index in [4.69, 9.17) is 9.47 Å². The van der Waals surface area contributed by atoms with Gasteiger partial charge in [0.05, 0.1) is 28.5 Å². The predicted octanol–water partition coefficient (Wildman–Crippen LogP) is 4.23. The molecule has 0 bridgehead atoms. The van der Waals surface area contributed by atoms with Crippen molar-refractivity contribution in [3.05, 3.63) is 58.6 Å². The van der Waals surface area contributed by atoms with Gasteiger partial charge in [-0.15, -0.1) is 11.3 Å². The average molecular weight is 455 g/mol. The third kappa shape index (κ3) is 6.64. The Labute approximate surface area is 183 Å². The molecule has 0 radical (unpaired) electrons. The standard InChI is InChI=1S/C22H25F3N2O3S/c1-29-13-10-27(9-12-28)11-14-30-18-3-2-4-19-21(18)26-20(31-19)15-16-5-7-17(8-6-16)22(23,24)25/h2-8,28H,9-15H2,1H3. The van der Waals surface area contributed by atoms with Crippen LogP contribution in [0.3, 0.4) is 0 Å². The highest BCUT2D eigenvalue weighted by atomic mass is 32.1. The number of hydrogen-bond acceptors (Lipinski definition) is 6. The van der Waals surface area contributed by atoms with E-state index >= 15 is 0 Å². The van der Waals surface area contributed by atoms with Crippen molar-refractivity contribution in [3.8, 4) is 5.75 Å². The van der Waals surface area contributed by atoms with Crippen molar-refractivity contribution in [1.82, 2.24) is 9.88 Å². The summed E-state index contributed by atoms with van der Waals surface area (Å²) < 4.78 is 50.2. The van der Waals surface area contributed by atoms with Crippen LogP contribution in [0, 0.1) is 0 Å². The number of methoxy groups -OCH3 is 1. The molecule has 3 aromatic rings. The maximum absolute atomic E-state index is 12.7. The zero-order chi connectivity index (χ0) is 22.3. The number of hydrogen-bond donors (Lipinski definition) is 1. The van der Waals surface area contributed by atoms with Gasteiger partial charge in [0.25, 0.3) is 0 Å². The van der Waals surface area contributed by atoms with Crippen LogP contribution in [0.4, 0.5) is 13.2 Å². The molecule has 1 N–H and O–H groups in total. The second kappa shape index (κ2) is 10.9. The average Bonchev–Trinajstić information content (AvgIpc) is 3.15. The highest BCUT2D eigenvalue weighted by Crippen LogP contribution is 2.32. The lowest BCUT2D eigenvalue weighted by Gasteiger charge is -2.20. The van der Waals surface area contributed by atoms with Crippen LogP contribution in [0.25, 0.3) is 10.2 Å². The van der Waals surface area contributed by atoms with E-state index in [9.17, 15) is 18.3 Å². The van der Waals surface area contributed by atoms with Crippen molar-refractivity contribution in [1.29, 1.82) is 0 Å². The molecule has 0 saturated heterocycles. The number of thiazole rings is 1. The molecular weight excluding hydrogens is 429 g/mol. The number of rotatable bonds is 11. The Morgan fingerprint density at radius 2 is 1.77 bits per heavy atom. The highest BCUT2D eigenvalue weighted by molar-refractivity contribution is 7.18. The summed E-state index contributed by atoms with van der Waals surface area (Å²) >= 11 is 1.50. The smallest absolute Gasteiger partial charge is 0.416 e. The van der Waals surface area contributed by atoms with Gasteiger partial charge in [0.15, 0.2) is 0 Å². The van der Waals surface area contributed by atoms with Gasteiger partial charge in [0.1, 0.15) is 17.9 Å². The number of aromatic nitrogens is 1. The third-order valence-corrected chi connectivity index (χ3v) is 5.78. The third-order valence-electron chi connectivity index (χ3n) is 4.76. The van der Waals surface area contributed by atoms with Gasteiger partial charge >= 0.3 is 6.18 Å². The molecule has 5 nitrogen and oxygen atoms in total. The fraction of sp³-hybridized carbons (Fsp3) is 0.409. The molecule has 31 heavy (non-hydrogen) atoms. The summed E-state index contributed by atoms with van der Waals surface area (Å²) in [5, 5.41) is 10.00. The molecule has 0 fully saturated rings. The van der Waals surface area contributed by atoms with Crippen molar-refractivity contribution in [2.24, 2.45) is 0 Å². The Balaban J connectivity index is 1.65. The van der Waals surface area contributed by atoms with Crippen LogP contribution in [-0.2, 0) is 17.3 Å². The number of aliphatic hydroxyl groups excluding tert-OH is 1. The Morgan fingerprint density at radius 3 is 2.45 bits per heavy atom. The second-order valence-corrected chi connectivity index (χ2v) is 8.10. The number of alkyl halides is 3. The maximum atomic E-state index is 12.7. The fourth-order valence-corrected chi connectivity index (χ4v) is 4.15. The fourth-order valence-electron chi connectivity index (χ4n) is 3.13. The van der Waals surface area contributed by atoms with Crippen LogP contribution in [0.5, 0.6) is 5.75 Å². The first kappa shape index (κ1) is 23.5. The van der Waals surface area contributed by atoms with E-state index in [0.29, 0.717) is 45.0 Å². The van der Waals surface area contributed by atoms with Gasteiger partial charge in [-0.2, -0.15) is 13.2 Å². The quantitative estimate of drug-likeness (QED) is 0.470. The minimum absolute atomic E-state index is 0.0681. The monoisotopic (exact) mass is 454 g/mol. The molecule has 0 unspecified atom stereocenters. The molecule has 1 aromatic heterocycles. The zero-order valence-electron chi connectivity index (χ0n) is 17.2. The maximum Gasteiger partial charge on any atom is 0.416 e. The van der Waals surface area contributed by atoms with Crippen LogP contribution < -0.4 is 4.74 Å². The molecule has 0 aliphatic carbocycles. The zero-order valence-corrected chi connectivity index (χ0v) is 18.0. The highest BCUT2D eigenvalue weighted by Gasteiger charge is 2.29. The molecule has 0 atom stereocenters. The topological polar surface area (TPSA) is 54.8 Å². The summed E-state index contributed by atoms with van der Waals surface area (Å²) in [6, 6.07) is 10.9. The first-order chi connectivity index (χ1) is 14.9. The van der Waals surface area contributed by atoms with Crippen molar-refractivity contribution < 1.29 is 27.8 Å². The van der Waals surface area contributed by atoms with E-state index in [1.54, 1.807) is 7.11 Å². The number of benzene rings is 2. The molecule has 9 heteroatoms. The van der Waals surface area contributed by atoms with Crippen LogP contribution in [0.15, 0.2) is 42.5 Å². The Hall–Kier alpha value is -2.20. The first-order valence-corrected chi connectivity index (χ1v) is 10.7. The lowest BCUT2D eigenvalue weighted by Crippen LogP contribution is -2.33. The number of nitrogens with zero attached hydrogens (tertiary/aromatic N) is 2. The van der Waals surface area contributed by atoms with Crippen LogP contribution in [0.2, 0.25) is 0 Å². The van der Waals surface area contributed by atoms with E-state index < -0.39 is 11.7 Å². The first-order valence-electron chi connectivity index (χ1n) is 9.90. The Morgan fingerprint density at radius 1 is 1.03 bits per heavy atom. The van der Waals surface area contributed by atoms with E-state index in [1.165, 1.54) is 23.5 Å². The largest absolute Gasteiger partial charge is 0.490 e. The lowest BCUT2D eigenvalue weighted by atomic mass is 10.1. The van der Waals surface area contributed by atoms with E-state index in [2.05, 4.69) is 9.88 Å². The second-order valence-electron chi connectivity index (χ2n) is 6.99. The van der Waals surface area contributed by atoms with Crippen LogP contribution >= 0.6 is 11.3 Å². The van der Waals surface area contributed by atoms with Gasteiger partial charge in [-0.05, 0) is 29.8 Å². The van der Waals surface area contributed by atoms with E-state index in [-0.39, 0.29) is 6.61 Å². The number of aliphatic hydroxyl groups is 1. The molecule has 0 saturated carbocycles. The van der Waals surface area contributed by atoms with Gasteiger partial charge in [-0.1, -0.05) is 18.2 Å². The molecule has 0 amide bonds. The van der Waals surface area contributed by atoms with Gasteiger partial charge in [-0.3, -0.25) is 4.90 Å². The molecule has 2 aromatic carbocycles. The molecule has 0 spiro atoms. The molecule has 0 aliphatic heterocycles. The number of ether oxygens (including phenoxy) is 2. The SMILES string of the molecule is COCCN(CCO)CCOc1cccc2sc(Cc3ccc(C(F)(F)F)cc3)nc12. The molecule has 0 aliphatic rings. The van der Waals surface area contributed by atoms with Crippen molar-refractivity contribution in [2.45, 2.75) is 12.6 Å². The minimum atomic E-state index is -4.34. The number of halogens is 3. The van der Waals surface area contributed by atoms with Gasteiger partial charge < -0.3 is 14.6 Å². The van der Waals surface area contributed by atoms with E-state index in [0.717, 1.165) is 32.9 Å². The number of fused-ring (bicyclic) bond motifs is 1.